The summed E-state index contributed by atoms with van der Waals surface area (Å²) in [5, 5.41) is 4.94. The molecule has 3 heterocycles. The lowest BCUT2D eigenvalue weighted by atomic mass is 10.2. The number of hydrogen-bond donors (Lipinski definition) is 0. The summed E-state index contributed by atoms with van der Waals surface area (Å²) >= 11 is 1.61. The van der Waals surface area contributed by atoms with Crippen molar-refractivity contribution in [3.63, 3.8) is 0 Å². The van der Waals surface area contributed by atoms with Gasteiger partial charge in [0.15, 0.2) is 10.9 Å². The maximum atomic E-state index is 5.29. The molecule has 0 aromatic carbocycles. The molecular formula is C16H20N4O2S. The fourth-order valence-electron chi connectivity index (χ4n) is 2.26. The van der Waals surface area contributed by atoms with E-state index in [4.69, 9.17) is 8.94 Å². The lowest BCUT2D eigenvalue weighted by molar-refractivity contribution is 0.390. The largest absolute Gasteiger partial charge is 0.461 e. The van der Waals surface area contributed by atoms with Crippen molar-refractivity contribution in [2.75, 3.05) is 0 Å². The Morgan fingerprint density at radius 2 is 2.09 bits per heavy atom. The Morgan fingerprint density at radius 1 is 1.26 bits per heavy atom. The minimum atomic E-state index is 0.475. The fraction of sp³-hybridized carbons (Fsp3) is 0.438. The van der Waals surface area contributed by atoms with Crippen molar-refractivity contribution in [2.24, 2.45) is 5.92 Å². The van der Waals surface area contributed by atoms with Crippen molar-refractivity contribution >= 4 is 11.8 Å². The first-order valence-electron chi connectivity index (χ1n) is 7.57. The van der Waals surface area contributed by atoms with Gasteiger partial charge in [0.2, 0.25) is 11.7 Å². The molecule has 0 unspecified atom stereocenters. The summed E-state index contributed by atoms with van der Waals surface area (Å²) in [4.78, 5) is 9.01. The van der Waals surface area contributed by atoms with Crippen LogP contribution in [0.3, 0.4) is 0 Å². The van der Waals surface area contributed by atoms with Crippen molar-refractivity contribution in [2.45, 2.75) is 45.1 Å². The van der Waals surface area contributed by atoms with Gasteiger partial charge in [-0.2, -0.15) is 4.98 Å². The van der Waals surface area contributed by atoms with Gasteiger partial charge in [-0.05, 0) is 31.9 Å². The second-order valence-corrected chi connectivity index (χ2v) is 6.79. The van der Waals surface area contributed by atoms with E-state index in [-0.39, 0.29) is 0 Å². The van der Waals surface area contributed by atoms with Crippen molar-refractivity contribution in [1.82, 2.24) is 19.7 Å². The van der Waals surface area contributed by atoms with E-state index in [1.54, 1.807) is 24.1 Å². The number of aromatic nitrogens is 4. The highest BCUT2D eigenvalue weighted by Crippen LogP contribution is 2.26. The molecule has 0 saturated heterocycles. The minimum Gasteiger partial charge on any atom is -0.461 e. The molecule has 0 aliphatic rings. The second-order valence-electron chi connectivity index (χ2n) is 5.85. The maximum absolute atomic E-state index is 5.29. The van der Waals surface area contributed by atoms with E-state index in [1.807, 2.05) is 13.0 Å². The average molecular weight is 332 g/mol. The van der Waals surface area contributed by atoms with E-state index in [1.165, 1.54) is 5.69 Å². The Bertz CT molecular complexity index is 774. The number of imidazole rings is 1. The molecule has 0 saturated carbocycles. The van der Waals surface area contributed by atoms with E-state index in [0.29, 0.717) is 29.1 Å². The van der Waals surface area contributed by atoms with Crippen LogP contribution in [0.5, 0.6) is 0 Å². The molecule has 0 radical (unpaired) electrons. The number of thioether (sulfide) groups is 1. The summed E-state index contributed by atoms with van der Waals surface area (Å²) < 4.78 is 12.8. The Morgan fingerprint density at radius 3 is 2.78 bits per heavy atom. The third kappa shape index (κ3) is 3.50. The Balaban J connectivity index is 1.72. The van der Waals surface area contributed by atoms with Gasteiger partial charge in [0.05, 0.1) is 17.7 Å². The molecule has 122 valence electrons. The topological polar surface area (TPSA) is 69.9 Å². The van der Waals surface area contributed by atoms with Gasteiger partial charge in [0.25, 0.3) is 0 Å². The molecule has 3 aromatic heterocycles. The molecule has 0 aliphatic heterocycles. The maximum Gasteiger partial charge on any atom is 0.238 e. The Hall–Kier alpha value is -2.02. The first kappa shape index (κ1) is 15.9. The number of hydrogen-bond acceptors (Lipinski definition) is 6. The molecule has 3 rings (SSSR count). The number of furan rings is 1. The number of rotatable bonds is 6. The lowest BCUT2D eigenvalue weighted by Crippen LogP contribution is -2.07. The first-order valence-corrected chi connectivity index (χ1v) is 8.56. The van der Waals surface area contributed by atoms with Gasteiger partial charge in [-0.25, -0.2) is 4.98 Å². The van der Waals surface area contributed by atoms with E-state index in [9.17, 15) is 0 Å². The summed E-state index contributed by atoms with van der Waals surface area (Å²) in [6, 6.07) is 3.61. The molecule has 0 amide bonds. The minimum absolute atomic E-state index is 0.475. The highest BCUT2D eigenvalue weighted by atomic mass is 32.2. The molecule has 0 atom stereocenters. The smallest absolute Gasteiger partial charge is 0.238 e. The van der Waals surface area contributed by atoms with E-state index >= 15 is 0 Å². The Labute approximate surface area is 139 Å². The van der Waals surface area contributed by atoms with Crippen molar-refractivity contribution in [3.05, 3.63) is 35.7 Å². The number of nitrogens with zero attached hydrogens (tertiary/aromatic N) is 4. The lowest BCUT2D eigenvalue weighted by Gasteiger charge is -2.11. The fourth-order valence-corrected chi connectivity index (χ4v) is 3.20. The van der Waals surface area contributed by atoms with Gasteiger partial charge in [-0.15, -0.1) is 0 Å². The molecule has 0 spiro atoms. The van der Waals surface area contributed by atoms with Crippen LogP contribution in [0.2, 0.25) is 0 Å². The van der Waals surface area contributed by atoms with E-state index in [2.05, 4.69) is 40.5 Å². The summed E-state index contributed by atoms with van der Waals surface area (Å²) in [6.45, 7) is 9.51. The van der Waals surface area contributed by atoms with Gasteiger partial charge in [0, 0.05) is 12.2 Å². The molecule has 3 aromatic rings. The van der Waals surface area contributed by atoms with Crippen LogP contribution in [-0.4, -0.2) is 19.7 Å². The first-order chi connectivity index (χ1) is 11.0. The van der Waals surface area contributed by atoms with Crippen LogP contribution in [0, 0.1) is 19.8 Å². The van der Waals surface area contributed by atoms with Gasteiger partial charge in [-0.1, -0.05) is 30.8 Å². The van der Waals surface area contributed by atoms with Gasteiger partial charge in [-0.3, -0.25) is 0 Å². The van der Waals surface area contributed by atoms with Crippen LogP contribution in [0.15, 0.2) is 32.5 Å². The highest BCUT2D eigenvalue weighted by molar-refractivity contribution is 7.98. The molecule has 0 bridgehead atoms. The summed E-state index contributed by atoms with van der Waals surface area (Å²) in [5.41, 5.74) is 2.28. The third-order valence-electron chi connectivity index (χ3n) is 3.50. The van der Waals surface area contributed by atoms with E-state index in [0.717, 1.165) is 17.4 Å². The molecule has 0 aliphatic carbocycles. The van der Waals surface area contributed by atoms with Crippen LogP contribution < -0.4 is 0 Å². The molecule has 6 nitrogen and oxygen atoms in total. The zero-order valence-electron chi connectivity index (χ0n) is 13.7. The second kappa shape index (κ2) is 6.62. The van der Waals surface area contributed by atoms with Crippen molar-refractivity contribution < 1.29 is 8.94 Å². The standard InChI is InChI=1S/C16H20N4O2S/c1-10(2)8-20-12(4)11(3)17-16(20)23-9-14-18-15(19-22-14)13-6-5-7-21-13/h5-7,10H,8-9H2,1-4H3. The molecule has 23 heavy (non-hydrogen) atoms. The molecular weight excluding hydrogens is 312 g/mol. The number of aryl methyl sites for hydroxylation is 1. The van der Waals surface area contributed by atoms with Crippen molar-refractivity contribution in [3.8, 4) is 11.6 Å². The summed E-state index contributed by atoms with van der Waals surface area (Å²) in [7, 11) is 0. The third-order valence-corrected chi connectivity index (χ3v) is 4.47. The quantitative estimate of drug-likeness (QED) is 0.633. The predicted molar refractivity (Wildman–Crippen MR) is 88.1 cm³/mol. The molecule has 0 fully saturated rings. The van der Waals surface area contributed by atoms with Crippen LogP contribution >= 0.6 is 11.8 Å². The molecule has 7 heteroatoms. The van der Waals surface area contributed by atoms with E-state index < -0.39 is 0 Å². The average Bonchev–Trinajstić information content (AvgIpc) is 3.21. The van der Waals surface area contributed by atoms with Gasteiger partial charge in [0.1, 0.15) is 0 Å². The monoisotopic (exact) mass is 332 g/mol. The Kier molecular flexibility index (Phi) is 4.56. The normalized spacial score (nSPS) is 11.5. The molecule has 0 N–H and O–H groups in total. The summed E-state index contributed by atoms with van der Waals surface area (Å²) in [6.07, 6.45) is 1.59. The highest BCUT2D eigenvalue weighted by Gasteiger charge is 2.15. The van der Waals surface area contributed by atoms with Gasteiger partial charge < -0.3 is 13.5 Å². The van der Waals surface area contributed by atoms with Crippen LogP contribution in [0.1, 0.15) is 31.1 Å². The summed E-state index contributed by atoms with van der Waals surface area (Å²) in [5.74, 6) is 2.80. The van der Waals surface area contributed by atoms with Crippen LogP contribution in [-0.2, 0) is 12.3 Å². The van der Waals surface area contributed by atoms with Crippen LogP contribution in [0.4, 0.5) is 0 Å². The van der Waals surface area contributed by atoms with Gasteiger partial charge >= 0.3 is 0 Å². The SMILES string of the molecule is Cc1nc(SCc2nc(-c3ccco3)no2)n(CC(C)C)c1C. The zero-order valence-corrected chi connectivity index (χ0v) is 14.6. The van der Waals surface area contributed by atoms with Crippen molar-refractivity contribution in [1.29, 1.82) is 0 Å². The predicted octanol–water partition coefficient (Wildman–Crippen LogP) is 4.09. The van der Waals surface area contributed by atoms with Crippen LogP contribution in [0.25, 0.3) is 11.6 Å². The zero-order chi connectivity index (χ0) is 16.4.